The fraction of sp³-hybridized carbons (Fsp3) is 0.200. The first-order valence-corrected chi connectivity index (χ1v) is 6.72. The van der Waals surface area contributed by atoms with E-state index in [4.69, 9.17) is 16.5 Å². The number of anilines is 2. The van der Waals surface area contributed by atoms with Crippen LogP contribution in [0, 0.1) is 0 Å². The van der Waals surface area contributed by atoms with Gasteiger partial charge in [0, 0.05) is 29.2 Å². The molecule has 2 aromatic heterocycles. The van der Waals surface area contributed by atoms with Crippen molar-refractivity contribution in [2.75, 3.05) is 11.5 Å². The number of nitrogens with two attached hydrogens (primary N) is 2. The van der Waals surface area contributed by atoms with Crippen molar-refractivity contribution < 1.29 is 0 Å². The van der Waals surface area contributed by atoms with Crippen LogP contribution in [0.25, 0.3) is 22.6 Å². The molecule has 0 saturated heterocycles. The minimum Gasteiger partial charge on any atom is -0.399 e. The van der Waals surface area contributed by atoms with E-state index < -0.39 is 0 Å². The normalized spacial score (nSPS) is 14.8. The number of nitrogen functional groups attached to an aromatic ring is 2. The van der Waals surface area contributed by atoms with Gasteiger partial charge in [-0.05, 0) is 43.2 Å². The van der Waals surface area contributed by atoms with E-state index in [1.807, 2.05) is 24.3 Å². The molecule has 0 radical (unpaired) electrons. The molecule has 3 aromatic rings. The van der Waals surface area contributed by atoms with Gasteiger partial charge < -0.3 is 16.0 Å². The highest BCUT2D eigenvalue weighted by Crippen LogP contribution is 2.41. The molecule has 1 aliphatic carbocycles. The molecule has 4 N–H and O–H groups in total. The average Bonchev–Trinajstić information content (AvgIpc) is 3.17. The Kier molecular flexibility index (Phi) is 2.24. The van der Waals surface area contributed by atoms with Gasteiger partial charge in [-0.15, -0.1) is 0 Å². The van der Waals surface area contributed by atoms with Gasteiger partial charge in [0.25, 0.3) is 0 Å². The van der Waals surface area contributed by atoms with Crippen molar-refractivity contribution in [3.63, 3.8) is 0 Å². The van der Waals surface area contributed by atoms with Crippen molar-refractivity contribution in [2.45, 2.75) is 18.9 Å². The van der Waals surface area contributed by atoms with E-state index in [0.29, 0.717) is 17.4 Å². The predicted molar refractivity (Wildman–Crippen MR) is 80.1 cm³/mol. The monoisotopic (exact) mass is 265 g/mol. The van der Waals surface area contributed by atoms with E-state index in [1.54, 1.807) is 12.3 Å². The SMILES string of the molecule is Nc1cc(N)cc(-c2nc3cccnc3n2C2CC2)c1. The van der Waals surface area contributed by atoms with Crippen LogP contribution in [0.1, 0.15) is 18.9 Å². The van der Waals surface area contributed by atoms with E-state index >= 15 is 0 Å². The number of hydrogen-bond donors (Lipinski definition) is 2. The summed E-state index contributed by atoms with van der Waals surface area (Å²) in [6.07, 6.45) is 4.15. The molecule has 5 heteroatoms. The van der Waals surface area contributed by atoms with Crippen molar-refractivity contribution in [3.8, 4) is 11.4 Å². The van der Waals surface area contributed by atoms with E-state index in [0.717, 1.165) is 22.6 Å². The minimum absolute atomic E-state index is 0.493. The summed E-state index contributed by atoms with van der Waals surface area (Å²) < 4.78 is 2.21. The van der Waals surface area contributed by atoms with Crippen LogP contribution in [0.4, 0.5) is 11.4 Å². The Labute approximate surface area is 116 Å². The number of pyridine rings is 1. The molecule has 4 rings (SSSR count). The van der Waals surface area contributed by atoms with Crippen LogP contribution in [0.3, 0.4) is 0 Å². The van der Waals surface area contributed by atoms with E-state index in [-0.39, 0.29) is 0 Å². The number of nitrogens with zero attached hydrogens (tertiary/aromatic N) is 3. The molecule has 1 aromatic carbocycles. The van der Waals surface area contributed by atoms with Gasteiger partial charge in [-0.2, -0.15) is 0 Å². The summed E-state index contributed by atoms with van der Waals surface area (Å²) in [6.45, 7) is 0. The highest BCUT2D eigenvalue weighted by atomic mass is 15.2. The Morgan fingerprint density at radius 1 is 1.10 bits per heavy atom. The van der Waals surface area contributed by atoms with Crippen molar-refractivity contribution >= 4 is 22.5 Å². The fourth-order valence-corrected chi connectivity index (χ4v) is 2.62. The lowest BCUT2D eigenvalue weighted by atomic mass is 10.1. The molecule has 1 saturated carbocycles. The van der Waals surface area contributed by atoms with Crippen LogP contribution in [-0.4, -0.2) is 14.5 Å². The Balaban J connectivity index is 2.01. The third-order valence-electron chi connectivity index (χ3n) is 3.60. The van der Waals surface area contributed by atoms with Crippen LogP contribution in [-0.2, 0) is 0 Å². The molecule has 0 aliphatic heterocycles. The number of fused-ring (bicyclic) bond motifs is 1. The van der Waals surface area contributed by atoms with Crippen LogP contribution >= 0.6 is 0 Å². The molecule has 0 spiro atoms. The summed E-state index contributed by atoms with van der Waals surface area (Å²) in [4.78, 5) is 9.19. The van der Waals surface area contributed by atoms with E-state index in [2.05, 4.69) is 9.55 Å². The molecular weight excluding hydrogens is 250 g/mol. The summed E-state index contributed by atoms with van der Waals surface area (Å²) in [7, 11) is 0. The molecule has 0 unspecified atom stereocenters. The molecule has 2 heterocycles. The highest BCUT2D eigenvalue weighted by Gasteiger charge is 2.29. The van der Waals surface area contributed by atoms with Gasteiger partial charge in [0.05, 0.1) is 0 Å². The van der Waals surface area contributed by atoms with Gasteiger partial charge in [0.15, 0.2) is 5.65 Å². The third-order valence-corrected chi connectivity index (χ3v) is 3.60. The van der Waals surface area contributed by atoms with Crippen LogP contribution in [0.2, 0.25) is 0 Å². The zero-order valence-corrected chi connectivity index (χ0v) is 11.0. The Morgan fingerprint density at radius 2 is 1.85 bits per heavy atom. The quantitative estimate of drug-likeness (QED) is 0.698. The van der Waals surface area contributed by atoms with Gasteiger partial charge in [0.2, 0.25) is 0 Å². The van der Waals surface area contributed by atoms with Crippen LogP contribution in [0.5, 0.6) is 0 Å². The smallest absolute Gasteiger partial charge is 0.160 e. The summed E-state index contributed by atoms with van der Waals surface area (Å²) in [6, 6.07) is 9.97. The Hall–Kier alpha value is -2.56. The maximum Gasteiger partial charge on any atom is 0.160 e. The number of imidazole rings is 1. The summed E-state index contributed by atoms with van der Waals surface area (Å²) in [5.74, 6) is 0.903. The van der Waals surface area contributed by atoms with Crippen molar-refractivity contribution in [2.24, 2.45) is 0 Å². The van der Waals surface area contributed by atoms with Gasteiger partial charge in [0.1, 0.15) is 11.3 Å². The van der Waals surface area contributed by atoms with Crippen molar-refractivity contribution in [1.29, 1.82) is 0 Å². The molecule has 100 valence electrons. The average molecular weight is 265 g/mol. The van der Waals surface area contributed by atoms with Crippen LogP contribution in [0.15, 0.2) is 36.5 Å². The lowest BCUT2D eigenvalue weighted by Crippen LogP contribution is -2.00. The van der Waals surface area contributed by atoms with Gasteiger partial charge in [-0.3, -0.25) is 0 Å². The van der Waals surface area contributed by atoms with E-state index in [9.17, 15) is 0 Å². The Morgan fingerprint density at radius 3 is 2.55 bits per heavy atom. The lowest BCUT2D eigenvalue weighted by molar-refractivity contribution is 0.766. The number of aromatic nitrogens is 3. The highest BCUT2D eigenvalue weighted by molar-refractivity contribution is 5.79. The lowest BCUT2D eigenvalue weighted by Gasteiger charge is -2.08. The second kappa shape index (κ2) is 3.96. The molecule has 0 amide bonds. The zero-order valence-electron chi connectivity index (χ0n) is 11.0. The molecule has 1 fully saturated rings. The van der Waals surface area contributed by atoms with Gasteiger partial charge in [-0.1, -0.05) is 0 Å². The summed E-state index contributed by atoms with van der Waals surface area (Å²) in [5, 5.41) is 0. The molecule has 0 bridgehead atoms. The summed E-state index contributed by atoms with van der Waals surface area (Å²) in [5.41, 5.74) is 15.9. The summed E-state index contributed by atoms with van der Waals surface area (Å²) >= 11 is 0. The maximum absolute atomic E-state index is 5.90. The van der Waals surface area contributed by atoms with E-state index in [1.165, 1.54) is 12.8 Å². The molecule has 1 aliphatic rings. The zero-order chi connectivity index (χ0) is 13.7. The maximum atomic E-state index is 5.90. The third kappa shape index (κ3) is 1.71. The second-order valence-corrected chi connectivity index (χ2v) is 5.27. The molecule has 0 atom stereocenters. The number of hydrogen-bond acceptors (Lipinski definition) is 4. The van der Waals surface area contributed by atoms with Crippen molar-refractivity contribution in [1.82, 2.24) is 14.5 Å². The first-order chi connectivity index (χ1) is 9.72. The predicted octanol–water partition coefficient (Wildman–Crippen LogP) is 2.60. The number of benzene rings is 1. The molecule has 20 heavy (non-hydrogen) atoms. The first kappa shape index (κ1) is 11.3. The standard InChI is InChI=1S/C15H15N5/c16-10-6-9(7-11(17)8-10)14-19-13-2-1-5-18-15(13)20(14)12-3-4-12/h1-2,5-8,12H,3-4,16-17H2. The van der Waals surface area contributed by atoms with Crippen molar-refractivity contribution in [3.05, 3.63) is 36.5 Å². The Bertz CT molecular complexity index is 781. The number of rotatable bonds is 2. The van der Waals surface area contributed by atoms with Crippen LogP contribution < -0.4 is 11.5 Å². The van der Waals surface area contributed by atoms with Gasteiger partial charge >= 0.3 is 0 Å². The molecular formula is C15H15N5. The largest absolute Gasteiger partial charge is 0.399 e. The first-order valence-electron chi connectivity index (χ1n) is 6.72. The van der Waals surface area contributed by atoms with Gasteiger partial charge in [-0.25, -0.2) is 9.97 Å². The topological polar surface area (TPSA) is 82.8 Å². The molecule has 5 nitrogen and oxygen atoms in total. The fourth-order valence-electron chi connectivity index (χ4n) is 2.62. The second-order valence-electron chi connectivity index (χ2n) is 5.27. The minimum atomic E-state index is 0.493.